The van der Waals surface area contributed by atoms with Crippen molar-refractivity contribution < 1.29 is 24.6 Å². The lowest BCUT2D eigenvalue weighted by Crippen LogP contribution is -2.30. The van der Waals surface area contributed by atoms with Crippen molar-refractivity contribution in [1.82, 2.24) is 4.73 Å². The van der Waals surface area contributed by atoms with Crippen LogP contribution in [0.1, 0.15) is 12.8 Å². The minimum absolute atomic E-state index is 0.334. The molecule has 2 heterocycles. The highest BCUT2D eigenvalue weighted by Crippen LogP contribution is 2.20. The SMILES string of the molecule is O=C(On1c(O)ccc1O)C1CCCO1. The summed E-state index contributed by atoms with van der Waals surface area (Å²) >= 11 is 0. The van der Waals surface area contributed by atoms with Gasteiger partial charge in [0.05, 0.1) is 0 Å². The third-order valence-electron chi connectivity index (χ3n) is 2.17. The van der Waals surface area contributed by atoms with Crippen LogP contribution in [0.4, 0.5) is 0 Å². The molecular formula is C9H11NO5. The van der Waals surface area contributed by atoms with Crippen LogP contribution in [0.2, 0.25) is 0 Å². The molecule has 6 heteroatoms. The van der Waals surface area contributed by atoms with E-state index >= 15 is 0 Å². The van der Waals surface area contributed by atoms with Crippen molar-refractivity contribution in [3.63, 3.8) is 0 Å². The van der Waals surface area contributed by atoms with Crippen LogP contribution in [0.3, 0.4) is 0 Å². The average Bonchev–Trinajstić information content (AvgIpc) is 2.82. The maximum absolute atomic E-state index is 11.4. The minimum Gasteiger partial charge on any atom is -0.492 e. The first-order chi connectivity index (χ1) is 7.18. The summed E-state index contributed by atoms with van der Waals surface area (Å²) in [5.41, 5.74) is 0. The van der Waals surface area contributed by atoms with Crippen LogP contribution in [0.15, 0.2) is 12.1 Å². The number of rotatable bonds is 2. The number of carbonyl (C=O) groups excluding carboxylic acids is 1. The molecule has 1 aliphatic rings. The Kier molecular flexibility index (Phi) is 2.51. The summed E-state index contributed by atoms with van der Waals surface area (Å²) in [5, 5.41) is 18.4. The molecule has 0 saturated carbocycles. The fourth-order valence-electron chi connectivity index (χ4n) is 1.41. The first-order valence-electron chi connectivity index (χ1n) is 4.62. The number of ether oxygens (including phenoxy) is 1. The van der Waals surface area contributed by atoms with Gasteiger partial charge in [0.2, 0.25) is 11.8 Å². The molecule has 1 saturated heterocycles. The van der Waals surface area contributed by atoms with Gasteiger partial charge in [-0.05, 0) is 12.8 Å². The van der Waals surface area contributed by atoms with Gasteiger partial charge >= 0.3 is 5.97 Å². The standard InChI is InChI=1S/C9H11NO5/c11-7-3-4-8(12)10(7)15-9(13)6-2-1-5-14-6/h3-4,6,11-12H,1-2,5H2. The predicted octanol–water partition coefficient (Wildman–Crippen LogP) is 0.0335. The molecule has 0 amide bonds. The minimum atomic E-state index is -0.616. The molecule has 2 rings (SSSR count). The molecule has 0 bridgehead atoms. The lowest BCUT2D eigenvalue weighted by Gasteiger charge is -2.10. The third kappa shape index (κ3) is 1.89. The van der Waals surface area contributed by atoms with Gasteiger partial charge in [0.1, 0.15) is 0 Å². The van der Waals surface area contributed by atoms with Crippen molar-refractivity contribution >= 4 is 5.97 Å². The number of nitrogens with zero attached hydrogens (tertiary/aromatic N) is 1. The number of hydrogen-bond acceptors (Lipinski definition) is 5. The Morgan fingerprint density at radius 2 is 2.13 bits per heavy atom. The van der Waals surface area contributed by atoms with Crippen LogP contribution < -0.4 is 4.84 Å². The fraction of sp³-hybridized carbons (Fsp3) is 0.444. The zero-order valence-electron chi connectivity index (χ0n) is 7.92. The van der Waals surface area contributed by atoms with Gasteiger partial charge in [-0.3, -0.25) is 0 Å². The highest BCUT2D eigenvalue weighted by Gasteiger charge is 2.27. The first-order valence-corrected chi connectivity index (χ1v) is 4.62. The van der Waals surface area contributed by atoms with Gasteiger partial charge in [0.25, 0.3) is 0 Å². The van der Waals surface area contributed by atoms with E-state index in [0.29, 0.717) is 17.8 Å². The van der Waals surface area contributed by atoms with Crippen molar-refractivity contribution in [3.8, 4) is 11.8 Å². The zero-order chi connectivity index (χ0) is 10.8. The summed E-state index contributed by atoms with van der Waals surface area (Å²) in [5.74, 6) is -1.29. The summed E-state index contributed by atoms with van der Waals surface area (Å²) in [6.07, 6.45) is 0.802. The third-order valence-corrected chi connectivity index (χ3v) is 2.17. The van der Waals surface area contributed by atoms with E-state index in [0.717, 1.165) is 6.42 Å². The number of aromatic hydroxyl groups is 2. The Hall–Kier alpha value is -1.69. The van der Waals surface area contributed by atoms with Gasteiger partial charge in [-0.25, -0.2) is 4.79 Å². The van der Waals surface area contributed by atoms with Crippen LogP contribution in [-0.4, -0.2) is 33.6 Å². The quantitative estimate of drug-likeness (QED) is 0.724. The molecule has 0 radical (unpaired) electrons. The van der Waals surface area contributed by atoms with E-state index in [4.69, 9.17) is 9.57 Å². The first kappa shape index (κ1) is 9.85. The molecular weight excluding hydrogens is 202 g/mol. The van der Waals surface area contributed by atoms with E-state index in [1.54, 1.807) is 0 Å². The van der Waals surface area contributed by atoms with Crippen molar-refractivity contribution in [1.29, 1.82) is 0 Å². The summed E-state index contributed by atoms with van der Waals surface area (Å²) in [4.78, 5) is 16.2. The molecule has 82 valence electrons. The van der Waals surface area contributed by atoms with Crippen LogP contribution in [-0.2, 0) is 9.53 Å². The van der Waals surface area contributed by atoms with E-state index in [1.165, 1.54) is 12.1 Å². The smallest absolute Gasteiger partial charge is 0.361 e. The van der Waals surface area contributed by atoms with Gasteiger partial charge in [0.15, 0.2) is 6.10 Å². The predicted molar refractivity (Wildman–Crippen MR) is 48.3 cm³/mol. The van der Waals surface area contributed by atoms with Crippen LogP contribution in [0.5, 0.6) is 11.8 Å². The van der Waals surface area contributed by atoms with Crippen molar-refractivity contribution in [2.24, 2.45) is 0 Å². The van der Waals surface area contributed by atoms with E-state index < -0.39 is 12.1 Å². The maximum Gasteiger partial charge on any atom is 0.361 e. The Labute approximate surface area is 85.6 Å². The van der Waals surface area contributed by atoms with Crippen molar-refractivity contribution in [2.45, 2.75) is 18.9 Å². The zero-order valence-corrected chi connectivity index (χ0v) is 7.92. The van der Waals surface area contributed by atoms with E-state index in [2.05, 4.69) is 0 Å². The molecule has 15 heavy (non-hydrogen) atoms. The molecule has 1 aromatic heterocycles. The lowest BCUT2D eigenvalue weighted by molar-refractivity contribution is -0.156. The maximum atomic E-state index is 11.4. The number of carbonyl (C=O) groups is 1. The largest absolute Gasteiger partial charge is 0.492 e. The molecule has 2 N–H and O–H groups in total. The average molecular weight is 213 g/mol. The van der Waals surface area contributed by atoms with E-state index in [9.17, 15) is 15.0 Å². The Morgan fingerprint density at radius 3 is 2.67 bits per heavy atom. The Bertz CT molecular complexity index is 347. The van der Waals surface area contributed by atoms with E-state index in [1.807, 2.05) is 0 Å². The molecule has 1 fully saturated rings. The molecule has 0 aliphatic carbocycles. The second kappa shape index (κ2) is 3.82. The molecule has 6 nitrogen and oxygen atoms in total. The van der Waals surface area contributed by atoms with Gasteiger partial charge < -0.3 is 19.8 Å². The van der Waals surface area contributed by atoms with Gasteiger partial charge in [-0.1, -0.05) is 0 Å². The van der Waals surface area contributed by atoms with Crippen LogP contribution in [0, 0.1) is 0 Å². The molecule has 0 aromatic carbocycles. The normalized spacial score (nSPS) is 20.4. The van der Waals surface area contributed by atoms with Crippen LogP contribution in [0.25, 0.3) is 0 Å². The van der Waals surface area contributed by atoms with Crippen molar-refractivity contribution in [3.05, 3.63) is 12.1 Å². The summed E-state index contributed by atoms with van der Waals surface area (Å²) in [6.45, 7) is 0.531. The molecule has 1 aliphatic heterocycles. The topological polar surface area (TPSA) is 80.9 Å². The molecule has 1 unspecified atom stereocenters. The van der Waals surface area contributed by atoms with E-state index in [-0.39, 0.29) is 11.8 Å². The lowest BCUT2D eigenvalue weighted by atomic mass is 10.2. The second-order valence-corrected chi connectivity index (χ2v) is 3.26. The summed E-state index contributed by atoms with van der Waals surface area (Å²) < 4.78 is 5.75. The molecule has 1 aromatic rings. The van der Waals surface area contributed by atoms with Crippen LogP contribution >= 0.6 is 0 Å². The summed E-state index contributed by atoms with van der Waals surface area (Å²) in [6, 6.07) is 2.44. The highest BCUT2D eigenvalue weighted by molar-refractivity contribution is 5.75. The van der Waals surface area contributed by atoms with Crippen molar-refractivity contribution in [2.75, 3.05) is 6.61 Å². The van der Waals surface area contributed by atoms with Gasteiger partial charge in [0, 0.05) is 18.7 Å². The Morgan fingerprint density at radius 1 is 1.47 bits per heavy atom. The second-order valence-electron chi connectivity index (χ2n) is 3.26. The Balaban J connectivity index is 2.05. The molecule has 0 spiro atoms. The summed E-state index contributed by atoms with van der Waals surface area (Å²) in [7, 11) is 0. The highest BCUT2D eigenvalue weighted by atomic mass is 16.7. The van der Waals surface area contributed by atoms with Gasteiger partial charge in [-0.15, -0.1) is 4.73 Å². The molecule has 1 atom stereocenters. The fourth-order valence-corrected chi connectivity index (χ4v) is 1.41. The van der Waals surface area contributed by atoms with Gasteiger partial charge in [-0.2, -0.15) is 0 Å². The number of aromatic nitrogens is 1. The number of hydrogen-bond donors (Lipinski definition) is 2. The monoisotopic (exact) mass is 213 g/mol.